The Morgan fingerprint density at radius 1 is 1.10 bits per heavy atom. The van der Waals surface area contributed by atoms with Crippen LogP contribution in [0.4, 0.5) is 8.78 Å². The summed E-state index contributed by atoms with van der Waals surface area (Å²) in [6, 6.07) is 4.29. The predicted octanol–water partition coefficient (Wildman–Crippen LogP) is 0.685. The van der Waals surface area contributed by atoms with Crippen LogP contribution in [0, 0.1) is 11.6 Å². The zero-order chi connectivity index (χ0) is 15.4. The van der Waals surface area contributed by atoms with Crippen LogP contribution in [-0.2, 0) is 13.1 Å². The molecule has 0 fully saturated rings. The fourth-order valence-corrected chi connectivity index (χ4v) is 2.03. The Morgan fingerprint density at radius 3 is 2.38 bits per heavy atom. The summed E-state index contributed by atoms with van der Waals surface area (Å²) >= 11 is 0. The van der Waals surface area contributed by atoms with E-state index in [0.717, 1.165) is 22.8 Å². The third-order valence-electron chi connectivity index (χ3n) is 3.00. The van der Waals surface area contributed by atoms with Gasteiger partial charge in [-0.1, -0.05) is 0 Å². The Morgan fingerprint density at radius 2 is 1.76 bits per heavy atom. The monoisotopic (exact) mass is 295 g/mol. The van der Waals surface area contributed by atoms with Gasteiger partial charge >= 0.3 is 5.69 Å². The molecule has 1 heterocycles. The first-order chi connectivity index (χ1) is 10.0. The maximum atomic E-state index is 13.1. The van der Waals surface area contributed by atoms with E-state index < -0.39 is 22.9 Å². The number of hydrogen-bond donors (Lipinski definition) is 1. The molecule has 0 unspecified atom stereocenters. The Hall–Kier alpha value is -2.28. The Kier molecular flexibility index (Phi) is 4.64. The molecule has 7 heteroatoms. The zero-order valence-corrected chi connectivity index (χ0v) is 11.3. The van der Waals surface area contributed by atoms with Gasteiger partial charge < -0.3 is 5.73 Å². The van der Waals surface area contributed by atoms with Crippen molar-refractivity contribution in [3.05, 3.63) is 68.5 Å². The number of aromatic nitrogens is 2. The van der Waals surface area contributed by atoms with E-state index in [4.69, 9.17) is 5.73 Å². The number of benzene rings is 1. The fourth-order valence-electron chi connectivity index (χ4n) is 2.03. The molecule has 1 aromatic carbocycles. The summed E-state index contributed by atoms with van der Waals surface area (Å²) in [7, 11) is 0. The summed E-state index contributed by atoms with van der Waals surface area (Å²) in [4.78, 5) is 23.8. The lowest BCUT2D eigenvalue weighted by molar-refractivity contribution is 0.548. The third-order valence-corrected chi connectivity index (χ3v) is 3.00. The van der Waals surface area contributed by atoms with E-state index in [1.807, 2.05) is 0 Å². The molecule has 5 nitrogen and oxygen atoms in total. The van der Waals surface area contributed by atoms with Crippen molar-refractivity contribution in [2.45, 2.75) is 19.5 Å². The molecule has 0 aliphatic rings. The van der Waals surface area contributed by atoms with Crippen molar-refractivity contribution in [3.63, 3.8) is 0 Å². The lowest BCUT2D eigenvalue weighted by Gasteiger charge is -2.10. The number of rotatable bonds is 5. The van der Waals surface area contributed by atoms with Crippen molar-refractivity contribution in [2.75, 3.05) is 6.54 Å². The minimum atomic E-state index is -0.713. The second kappa shape index (κ2) is 6.45. The van der Waals surface area contributed by atoms with Crippen molar-refractivity contribution in [1.29, 1.82) is 0 Å². The van der Waals surface area contributed by atoms with E-state index in [-0.39, 0.29) is 13.1 Å². The highest BCUT2D eigenvalue weighted by atomic mass is 19.1. The van der Waals surface area contributed by atoms with Crippen molar-refractivity contribution in [2.24, 2.45) is 5.73 Å². The topological polar surface area (TPSA) is 70.0 Å². The highest BCUT2D eigenvalue weighted by molar-refractivity contribution is 5.18. The van der Waals surface area contributed by atoms with Gasteiger partial charge in [0.2, 0.25) is 0 Å². The van der Waals surface area contributed by atoms with Gasteiger partial charge in [-0.25, -0.2) is 13.6 Å². The van der Waals surface area contributed by atoms with Gasteiger partial charge in [0.05, 0.1) is 6.54 Å². The maximum absolute atomic E-state index is 13.1. The van der Waals surface area contributed by atoms with Crippen LogP contribution in [0.25, 0.3) is 0 Å². The molecule has 0 amide bonds. The molecule has 0 bridgehead atoms. The van der Waals surface area contributed by atoms with Crippen LogP contribution in [0.5, 0.6) is 0 Å². The minimum absolute atomic E-state index is 0.0174. The standard InChI is InChI=1S/C14H15F2N3O2/c15-11-6-10(7-12(16)8-11)9-18-5-2-13(20)19(14(18)21)4-1-3-17/h2,5-8H,1,3-4,9,17H2. The molecule has 0 aliphatic carbocycles. The summed E-state index contributed by atoms with van der Waals surface area (Å²) in [5, 5.41) is 0. The molecule has 112 valence electrons. The van der Waals surface area contributed by atoms with E-state index in [1.165, 1.54) is 16.8 Å². The molecule has 2 aromatic rings. The molecule has 0 saturated carbocycles. The van der Waals surface area contributed by atoms with Gasteiger partial charge in [-0.3, -0.25) is 13.9 Å². The largest absolute Gasteiger partial charge is 0.331 e. The van der Waals surface area contributed by atoms with Crippen LogP contribution in [0.2, 0.25) is 0 Å². The van der Waals surface area contributed by atoms with Crippen molar-refractivity contribution < 1.29 is 8.78 Å². The number of hydrogen-bond acceptors (Lipinski definition) is 3. The van der Waals surface area contributed by atoms with Gasteiger partial charge in [-0.05, 0) is 30.7 Å². The highest BCUT2D eigenvalue weighted by Gasteiger charge is 2.07. The predicted molar refractivity (Wildman–Crippen MR) is 74.1 cm³/mol. The number of nitrogens with two attached hydrogens (primary N) is 1. The first-order valence-electron chi connectivity index (χ1n) is 6.46. The Bertz CT molecular complexity index is 732. The molecule has 0 spiro atoms. The normalized spacial score (nSPS) is 10.8. The summed E-state index contributed by atoms with van der Waals surface area (Å²) in [6.07, 6.45) is 1.81. The van der Waals surface area contributed by atoms with Gasteiger partial charge in [-0.15, -0.1) is 0 Å². The smallest absolute Gasteiger partial charge is 0.330 e. The summed E-state index contributed by atoms with van der Waals surface area (Å²) in [5.74, 6) is -1.43. The highest BCUT2D eigenvalue weighted by Crippen LogP contribution is 2.08. The second-order valence-corrected chi connectivity index (χ2v) is 4.64. The minimum Gasteiger partial charge on any atom is -0.330 e. The van der Waals surface area contributed by atoms with Crippen LogP contribution in [0.3, 0.4) is 0 Å². The fraction of sp³-hybridized carbons (Fsp3) is 0.286. The molecular formula is C14H15F2N3O2. The van der Waals surface area contributed by atoms with Crippen LogP contribution in [0.1, 0.15) is 12.0 Å². The molecule has 1 aromatic heterocycles. The summed E-state index contributed by atoms with van der Waals surface area (Å²) in [5.41, 5.74) is 4.72. The summed E-state index contributed by atoms with van der Waals surface area (Å²) < 4.78 is 28.6. The first-order valence-corrected chi connectivity index (χ1v) is 6.46. The van der Waals surface area contributed by atoms with Crippen LogP contribution in [-0.4, -0.2) is 15.7 Å². The van der Waals surface area contributed by atoms with Crippen molar-refractivity contribution in [1.82, 2.24) is 9.13 Å². The van der Waals surface area contributed by atoms with E-state index in [9.17, 15) is 18.4 Å². The average Bonchev–Trinajstić information content (AvgIpc) is 2.41. The zero-order valence-electron chi connectivity index (χ0n) is 11.3. The van der Waals surface area contributed by atoms with Crippen molar-refractivity contribution >= 4 is 0 Å². The average molecular weight is 295 g/mol. The van der Waals surface area contributed by atoms with Crippen LogP contribution in [0.15, 0.2) is 40.1 Å². The lowest BCUT2D eigenvalue weighted by atomic mass is 10.2. The van der Waals surface area contributed by atoms with E-state index >= 15 is 0 Å². The molecule has 0 saturated heterocycles. The molecule has 21 heavy (non-hydrogen) atoms. The van der Waals surface area contributed by atoms with E-state index in [1.54, 1.807) is 0 Å². The third kappa shape index (κ3) is 3.63. The molecule has 0 aliphatic heterocycles. The van der Waals surface area contributed by atoms with Crippen LogP contribution >= 0.6 is 0 Å². The molecule has 0 radical (unpaired) electrons. The van der Waals surface area contributed by atoms with Crippen LogP contribution < -0.4 is 17.0 Å². The molecular weight excluding hydrogens is 280 g/mol. The lowest BCUT2D eigenvalue weighted by Crippen LogP contribution is -2.39. The van der Waals surface area contributed by atoms with Gasteiger partial charge in [0.25, 0.3) is 5.56 Å². The first kappa shape index (κ1) is 15.1. The quantitative estimate of drug-likeness (QED) is 0.882. The van der Waals surface area contributed by atoms with E-state index in [0.29, 0.717) is 18.5 Å². The number of halogens is 2. The van der Waals surface area contributed by atoms with E-state index in [2.05, 4.69) is 0 Å². The maximum Gasteiger partial charge on any atom is 0.331 e. The Labute approximate surface area is 119 Å². The molecule has 2 rings (SSSR count). The second-order valence-electron chi connectivity index (χ2n) is 4.64. The summed E-state index contributed by atoms with van der Waals surface area (Å²) in [6.45, 7) is 0.554. The molecule has 2 N–H and O–H groups in total. The molecule has 0 atom stereocenters. The van der Waals surface area contributed by atoms with Gasteiger partial charge in [-0.2, -0.15) is 0 Å². The van der Waals surface area contributed by atoms with Gasteiger partial charge in [0.1, 0.15) is 11.6 Å². The Balaban J connectivity index is 2.36. The van der Waals surface area contributed by atoms with Gasteiger partial charge in [0, 0.05) is 24.9 Å². The van der Waals surface area contributed by atoms with Gasteiger partial charge in [0.15, 0.2) is 0 Å². The SMILES string of the molecule is NCCCn1c(=O)ccn(Cc2cc(F)cc(F)c2)c1=O. The van der Waals surface area contributed by atoms with Crippen molar-refractivity contribution in [3.8, 4) is 0 Å². The number of nitrogens with zero attached hydrogens (tertiary/aromatic N) is 2.